The predicted molar refractivity (Wildman–Crippen MR) is 82.4 cm³/mol. The van der Waals surface area contributed by atoms with Crippen molar-refractivity contribution in [1.29, 1.82) is 0 Å². The summed E-state index contributed by atoms with van der Waals surface area (Å²) in [5.74, 6) is 1.53. The molecule has 0 saturated heterocycles. The fourth-order valence-corrected chi connectivity index (χ4v) is 2.75. The molecule has 1 atom stereocenters. The molecular weight excluding hydrogens is 232 g/mol. The molecule has 1 saturated carbocycles. The standard InChI is InChI=1S/C17H28N2/c1-13(2)17(19(3)4)12-18-11-14-6-5-7-16(10-14)15-8-9-15/h5-7,10,13,15,17-18H,8-9,11-12H2,1-4H3. The van der Waals surface area contributed by atoms with Crippen molar-refractivity contribution in [3.05, 3.63) is 35.4 Å². The molecule has 2 heteroatoms. The molecule has 106 valence electrons. The Morgan fingerprint density at radius 1 is 1.26 bits per heavy atom. The third-order valence-electron chi connectivity index (χ3n) is 4.12. The quantitative estimate of drug-likeness (QED) is 0.809. The van der Waals surface area contributed by atoms with Gasteiger partial charge in [0.25, 0.3) is 0 Å². The molecule has 1 aromatic carbocycles. The van der Waals surface area contributed by atoms with E-state index in [2.05, 4.69) is 62.4 Å². The third-order valence-corrected chi connectivity index (χ3v) is 4.12. The molecule has 1 aliphatic carbocycles. The van der Waals surface area contributed by atoms with Crippen LogP contribution in [-0.4, -0.2) is 31.6 Å². The summed E-state index contributed by atoms with van der Waals surface area (Å²) < 4.78 is 0. The Kier molecular flexibility index (Phi) is 5.00. The monoisotopic (exact) mass is 260 g/mol. The molecule has 2 nitrogen and oxygen atoms in total. The predicted octanol–water partition coefficient (Wildman–Crippen LogP) is 3.24. The lowest BCUT2D eigenvalue weighted by Crippen LogP contribution is -2.41. The van der Waals surface area contributed by atoms with E-state index in [0.717, 1.165) is 19.0 Å². The van der Waals surface area contributed by atoms with Crippen molar-refractivity contribution in [3.8, 4) is 0 Å². The zero-order valence-corrected chi connectivity index (χ0v) is 12.8. The highest BCUT2D eigenvalue weighted by atomic mass is 15.1. The van der Waals surface area contributed by atoms with Gasteiger partial charge in [0.2, 0.25) is 0 Å². The SMILES string of the molecule is CC(C)C(CNCc1cccc(C2CC2)c1)N(C)C. The van der Waals surface area contributed by atoms with Gasteiger partial charge in [-0.05, 0) is 49.9 Å². The minimum absolute atomic E-state index is 0.603. The Morgan fingerprint density at radius 2 is 2.00 bits per heavy atom. The molecule has 0 spiro atoms. The zero-order valence-electron chi connectivity index (χ0n) is 12.8. The third kappa shape index (κ3) is 4.32. The van der Waals surface area contributed by atoms with Gasteiger partial charge in [-0.3, -0.25) is 0 Å². The Morgan fingerprint density at radius 3 is 2.58 bits per heavy atom. The van der Waals surface area contributed by atoms with E-state index in [4.69, 9.17) is 0 Å². The molecule has 2 rings (SSSR count). The molecule has 1 unspecified atom stereocenters. The van der Waals surface area contributed by atoms with Crippen molar-refractivity contribution in [2.45, 2.75) is 45.2 Å². The summed E-state index contributed by atoms with van der Waals surface area (Å²) in [6, 6.07) is 9.70. The van der Waals surface area contributed by atoms with Crippen molar-refractivity contribution < 1.29 is 0 Å². The second-order valence-corrected chi connectivity index (χ2v) is 6.43. The van der Waals surface area contributed by atoms with Crippen molar-refractivity contribution >= 4 is 0 Å². The van der Waals surface area contributed by atoms with Crippen LogP contribution in [0.1, 0.15) is 43.7 Å². The maximum atomic E-state index is 3.61. The van der Waals surface area contributed by atoms with Crippen LogP contribution in [0.3, 0.4) is 0 Å². The van der Waals surface area contributed by atoms with Crippen molar-refractivity contribution in [2.24, 2.45) is 5.92 Å². The topological polar surface area (TPSA) is 15.3 Å². The molecule has 0 radical (unpaired) electrons. The first-order valence-electron chi connectivity index (χ1n) is 7.54. The first kappa shape index (κ1) is 14.5. The van der Waals surface area contributed by atoms with Crippen LogP contribution >= 0.6 is 0 Å². The van der Waals surface area contributed by atoms with Crippen molar-refractivity contribution in [1.82, 2.24) is 10.2 Å². The first-order valence-corrected chi connectivity index (χ1v) is 7.54. The molecule has 0 heterocycles. The molecule has 1 aromatic rings. The van der Waals surface area contributed by atoms with Crippen LogP contribution in [0.15, 0.2) is 24.3 Å². The van der Waals surface area contributed by atoms with Gasteiger partial charge in [0.15, 0.2) is 0 Å². The Balaban J connectivity index is 1.83. The Hall–Kier alpha value is -0.860. The van der Waals surface area contributed by atoms with Crippen LogP contribution < -0.4 is 5.32 Å². The number of likely N-dealkylation sites (N-methyl/N-ethyl adjacent to an activating group) is 1. The van der Waals surface area contributed by atoms with E-state index < -0.39 is 0 Å². The van der Waals surface area contributed by atoms with Gasteiger partial charge in [0.1, 0.15) is 0 Å². The van der Waals surface area contributed by atoms with Crippen LogP contribution in [0.2, 0.25) is 0 Å². The van der Waals surface area contributed by atoms with Crippen LogP contribution in [0.4, 0.5) is 0 Å². The molecule has 0 aromatic heterocycles. The van der Waals surface area contributed by atoms with E-state index >= 15 is 0 Å². The maximum absolute atomic E-state index is 3.61. The summed E-state index contributed by atoms with van der Waals surface area (Å²) in [5, 5.41) is 3.61. The zero-order chi connectivity index (χ0) is 13.8. The minimum atomic E-state index is 0.603. The van der Waals surface area contributed by atoms with E-state index in [9.17, 15) is 0 Å². The molecular formula is C17H28N2. The normalized spacial score (nSPS) is 17.2. The van der Waals surface area contributed by atoms with Crippen molar-refractivity contribution in [2.75, 3.05) is 20.6 Å². The number of nitrogens with zero attached hydrogens (tertiary/aromatic N) is 1. The highest BCUT2D eigenvalue weighted by Gasteiger charge is 2.23. The lowest BCUT2D eigenvalue weighted by atomic mass is 10.0. The van der Waals surface area contributed by atoms with Gasteiger partial charge in [-0.2, -0.15) is 0 Å². The summed E-state index contributed by atoms with van der Waals surface area (Å²) in [4.78, 5) is 2.32. The summed E-state index contributed by atoms with van der Waals surface area (Å²) in [6.45, 7) is 6.62. The highest BCUT2D eigenvalue weighted by Crippen LogP contribution is 2.40. The smallest absolute Gasteiger partial charge is 0.0237 e. The summed E-state index contributed by atoms with van der Waals surface area (Å²) >= 11 is 0. The van der Waals surface area contributed by atoms with E-state index in [1.54, 1.807) is 0 Å². The largest absolute Gasteiger partial charge is 0.311 e. The molecule has 1 aliphatic rings. The van der Waals surface area contributed by atoms with E-state index in [1.165, 1.54) is 24.0 Å². The van der Waals surface area contributed by atoms with E-state index in [0.29, 0.717) is 12.0 Å². The van der Waals surface area contributed by atoms with Crippen LogP contribution in [0, 0.1) is 5.92 Å². The van der Waals surface area contributed by atoms with Gasteiger partial charge in [0.05, 0.1) is 0 Å². The van der Waals surface area contributed by atoms with E-state index in [1.807, 2.05) is 0 Å². The minimum Gasteiger partial charge on any atom is -0.311 e. The Bertz CT molecular complexity index is 386. The second-order valence-electron chi connectivity index (χ2n) is 6.43. The fraction of sp³-hybridized carbons (Fsp3) is 0.647. The van der Waals surface area contributed by atoms with Crippen LogP contribution in [0.5, 0.6) is 0 Å². The van der Waals surface area contributed by atoms with Gasteiger partial charge in [-0.15, -0.1) is 0 Å². The van der Waals surface area contributed by atoms with Crippen molar-refractivity contribution in [3.63, 3.8) is 0 Å². The number of hydrogen-bond donors (Lipinski definition) is 1. The lowest BCUT2D eigenvalue weighted by molar-refractivity contribution is 0.224. The first-order chi connectivity index (χ1) is 9.08. The van der Waals surface area contributed by atoms with Gasteiger partial charge in [-0.25, -0.2) is 0 Å². The molecule has 0 aliphatic heterocycles. The van der Waals surface area contributed by atoms with Gasteiger partial charge < -0.3 is 10.2 Å². The van der Waals surface area contributed by atoms with Gasteiger partial charge in [0, 0.05) is 19.1 Å². The maximum Gasteiger partial charge on any atom is 0.0237 e. The summed E-state index contributed by atoms with van der Waals surface area (Å²) in [7, 11) is 4.33. The number of rotatable bonds is 7. The molecule has 0 amide bonds. The highest BCUT2D eigenvalue weighted by molar-refractivity contribution is 5.29. The average Bonchev–Trinajstić information content (AvgIpc) is 3.18. The number of hydrogen-bond acceptors (Lipinski definition) is 2. The average molecular weight is 260 g/mol. The lowest BCUT2D eigenvalue weighted by Gasteiger charge is -2.28. The number of benzene rings is 1. The summed E-state index contributed by atoms with van der Waals surface area (Å²) in [6.07, 6.45) is 2.76. The van der Waals surface area contributed by atoms with Gasteiger partial charge >= 0.3 is 0 Å². The Labute approximate surface area is 118 Å². The fourth-order valence-electron chi connectivity index (χ4n) is 2.75. The van der Waals surface area contributed by atoms with Crippen LogP contribution in [0.25, 0.3) is 0 Å². The second kappa shape index (κ2) is 6.53. The number of nitrogens with one attached hydrogen (secondary N) is 1. The molecule has 1 N–H and O–H groups in total. The molecule has 0 bridgehead atoms. The molecule has 19 heavy (non-hydrogen) atoms. The van der Waals surface area contributed by atoms with Crippen LogP contribution in [-0.2, 0) is 6.54 Å². The van der Waals surface area contributed by atoms with E-state index in [-0.39, 0.29) is 0 Å². The van der Waals surface area contributed by atoms with Gasteiger partial charge in [-0.1, -0.05) is 38.1 Å². The summed E-state index contributed by atoms with van der Waals surface area (Å²) in [5.41, 5.74) is 2.96. The molecule has 1 fully saturated rings.